The summed E-state index contributed by atoms with van der Waals surface area (Å²) in [6.07, 6.45) is -12.9. The summed E-state index contributed by atoms with van der Waals surface area (Å²) in [4.78, 5) is 24.6. The second kappa shape index (κ2) is 14.5. The van der Waals surface area contributed by atoms with Crippen molar-refractivity contribution in [3.63, 3.8) is 0 Å². The van der Waals surface area contributed by atoms with Crippen molar-refractivity contribution < 1.29 is 65.1 Å². The quantitative estimate of drug-likeness (QED) is 0.103. The summed E-state index contributed by atoms with van der Waals surface area (Å²) in [5, 5.41) is 21.0. The molecule has 0 saturated heterocycles. The molecular formula is C33H52F6O8. The van der Waals surface area contributed by atoms with Gasteiger partial charge in [-0.2, -0.15) is 26.3 Å². The molecule has 2 bridgehead atoms. The van der Waals surface area contributed by atoms with Crippen molar-refractivity contribution in [2.45, 2.75) is 154 Å². The van der Waals surface area contributed by atoms with Gasteiger partial charge in [0.05, 0.1) is 23.4 Å². The van der Waals surface area contributed by atoms with Gasteiger partial charge in [-0.1, -0.05) is 34.3 Å². The number of fused-ring (bicyclic) bond motifs is 2. The Hall–Kier alpha value is -1.90. The summed E-state index contributed by atoms with van der Waals surface area (Å²) in [7, 11) is 0. The van der Waals surface area contributed by atoms with Crippen LogP contribution in [0.25, 0.3) is 0 Å². The molecule has 0 spiro atoms. The maximum atomic E-state index is 13.9. The lowest BCUT2D eigenvalue weighted by molar-refractivity contribution is -0.319. The molecule has 0 amide bonds. The van der Waals surface area contributed by atoms with E-state index in [2.05, 4.69) is 6.58 Å². The molecule has 0 heterocycles. The summed E-state index contributed by atoms with van der Waals surface area (Å²) in [6, 6.07) is 0. The Labute approximate surface area is 273 Å². The monoisotopic (exact) mass is 690 g/mol. The van der Waals surface area contributed by atoms with Crippen LogP contribution in [-0.4, -0.2) is 81.8 Å². The first-order chi connectivity index (χ1) is 21.3. The second-order valence-corrected chi connectivity index (χ2v) is 13.7. The predicted molar refractivity (Wildman–Crippen MR) is 160 cm³/mol. The number of carbonyl (C=O) groups is 2. The Morgan fingerprint density at radius 3 is 1.55 bits per heavy atom. The first-order valence-corrected chi connectivity index (χ1v) is 16.3. The Bertz CT molecular complexity index is 1110. The summed E-state index contributed by atoms with van der Waals surface area (Å²) >= 11 is 0. The van der Waals surface area contributed by atoms with E-state index >= 15 is 0 Å². The first-order valence-electron chi connectivity index (χ1n) is 16.3. The van der Waals surface area contributed by atoms with Crippen LogP contribution in [0.3, 0.4) is 0 Å². The zero-order valence-electron chi connectivity index (χ0n) is 28.8. The minimum atomic E-state index is -5.04. The van der Waals surface area contributed by atoms with E-state index in [-0.39, 0.29) is 43.6 Å². The third-order valence-electron chi connectivity index (χ3n) is 11.1. The molecule has 9 unspecified atom stereocenters. The molecule has 0 aromatic rings. The molecule has 8 nitrogen and oxygen atoms in total. The topological polar surface area (TPSA) is 112 Å². The number of hydrogen-bond acceptors (Lipinski definition) is 8. The highest BCUT2D eigenvalue weighted by Gasteiger charge is 2.67. The second-order valence-electron chi connectivity index (χ2n) is 13.7. The van der Waals surface area contributed by atoms with Gasteiger partial charge in [0.1, 0.15) is 6.10 Å². The molecule has 2 rings (SSSR count). The van der Waals surface area contributed by atoms with Crippen LogP contribution in [-0.2, 0) is 28.5 Å². The van der Waals surface area contributed by atoms with Crippen LogP contribution >= 0.6 is 0 Å². The van der Waals surface area contributed by atoms with Crippen molar-refractivity contribution >= 4 is 11.9 Å². The lowest BCUT2D eigenvalue weighted by Crippen LogP contribution is -2.62. The number of esters is 2. The van der Waals surface area contributed by atoms with Crippen molar-refractivity contribution in [3.05, 3.63) is 12.2 Å². The van der Waals surface area contributed by atoms with Crippen LogP contribution < -0.4 is 0 Å². The number of aliphatic hydroxyl groups is 2. The summed E-state index contributed by atoms with van der Waals surface area (Å²) < 4.78 is 107. The van der Waals surface area contributed by atoms with Gasteiger partial charge in [-0.3, -0.25) is 0 Å². The Morgan fingerprint density at radius 1 is 0.787 bits per heavy atom. The zero-order chi connectivity index (χ0) is 36.6. The van der Waals surface area contributed by atoms with Gasteiger partial charge in [0.15, 0.2) is 17.8 Å². The van der Waals surface area contributed by atoms with Crippen LogP contribution in [0.2, 0.25) is 0 Å². The number of carbonyl (C=O) groups excluding carboxylic acids is 2. The molecule has 0 aliphatic heterocycles. The molecule has 14 heteroatoms. The van der Waals surface area contributed by atoms with Crippen molar-refractivity contribution in [1.82, 2.24) is 0 Å². The van der Waals surface area contributed by atoms with Gasteiger partial charge >= 0.3 is 24.3 Å². The lowest BCUT2D eigenvalue weighted by atomic mass is 9.60. The molecule has 2 aliphatic carbocycles. The summed E-state index contributed by atoms with van der Waals surface area (Å²) in [5.41, 5.74) is -9.04. The van der Waals surface area contributed by atoms with E-state index < -0.39 is 89.4 Å². The number of alkyl halides is 6. The summed E-state index contributed by atoms with van der Waals surface area (Å²) in [5.74, 6) is -3.77. The average molecular weight is 691 g/mol. The van der Waals surface area contributed by atoms with Crippen LogP contribution in [0, 0.1) is 23.7 Å². The number of ether oxygens (including phenoxy) is 4. The summed E-state index contributed by atoms with van der Waals surface area (Å²) in [6.45, 7) is 14.6. The van der Waals surface area contributed by atoms with Crippen LogP contribution in [0.15, 0.2) is 12.2 Å². The fraction of sp³-hybridized carbons (Fsp3) is 0.879. The van der Waals surface area contributed by atoms with Crippen LogP contribution in [0.4, 0.5) is 26.3 Å². The average Bonchev–Trinajstić information content (AvgIpc) is 3.55. The van der Waals surface area contributed by atoms with Crippen molar-refractivity contribution in [2.24, 2.45) is 23.7 Å². The van der Waals surface area contributed by atoms with Gasteiger partial charge < -0.3 is 29.2 Å². The molecule has 47 heavy (non-hydrogen) atoms. The maximum absolute atomic E-state index is 13.9. The lowest BCUT2D eigenvalue weighted by Gasteiger charge is -2.55. The molecule has 9 atom stereocenters. The van der Waals surface area contributed by atoms with Crippen LogP contribution in [0.5, 0.6) is 0 Å². The van der Waals surface area contributed by atoms with Crippen molar-refractivity contribution in [1.29, 1.82) is 0 Å². The van der Waals surface area contributed by atoms with Crippen LogP contribution in [0.1, 0.15) is 101 Å². The van der Waals surface area contributed by atoms with Gasteiger partial charge in [0.25, 0.3) is 0 Å². The van der Waals surface area contributed by atoms with Gasteiger partial charge in [-0.05, 0) is 85.0 Å². The highest BCUT2D eigenvalue weighted by atomic mass is 19.4. The molecule has 2 saturated carbocycles. The van der Waals surface area contributed by atoms with E-state index in [1.165, 1.54) is 6.92 Å². The first kappa shape index (κ1) is 41.3. The van der Waals surface area contributed by atoms with E-state index in [4.69, 9.17) is 18.9 Å². The van der Waals surface area contributed by atoms with E-state index in [1.807, 2.05) is 0 Å². The molecule has 2 fully saturated rings. The Balaban J connectivity index is 2.66. The fourth-order valence-corrected chi connectivity index (χ4v) is 7.69. The molecule has 274 valence electrons. The van der Waals surface area contributed by atoms with E-state index in [1.54, 1.807) is 27.7 Å². The van der Waals surface area contributed by atoms with E-state index in [9.17, 15) is 46.1 Å². The van der Waals surface area contributed by atoms with Gasteiger partial charge in [-0.25, -0.2) is 9.59 Å². The number of rotatable bonds is 16. The van der Waals surface area contributed by atoms with E-state index in [0.29, 0.717) is 20.3 Å². The molecule has 0 aromatic carbocycles. The molecule has 2 aliphatic rings. The standard InChI is InChI=1S/C33H52F6O8/c1-11-30(12-2,46-19(7)28(9,42)32(34,35)36)25-21-15-22(23(16-21)45-24(40)17-44-27(41)18(5)6)26(25)31(13-3,14-4)47-20(8)29(10,43)33(37,38)39/h19-23,25-26,42-43H,5,11-17H2,1-4,6-10H3. The predicted octanol–water partition coefficient (Wildman–Crippen LogP) is 6.84. The van der Waals surface area contributed by atoms with Gasteiger partial charge in [-0.15, -0.1) is 0 Å². The molecule has 0 aromatic heterocycles. The minimum absolute atomic E-state index is 0.0755. The van der Waals surface area contributed by atoms with Crippen molar-refractivity contribution in [2.75, 3.05) is 6.61 Å². The van der Waals surface area contributed by atoms with Crippen molar-refractivity contribution in [3.8, 4) is 0 Å². The Kier molecular flexibility index (Phi) is 12.8. The third kappa shape index (κ3) is 7.96. The van der Waals surface area contributed by atoms with Gasteiger partial charge in [0.2, 0.25) is 0 Å². The largest absolute Gasteiger partial charge is 0.460 e. The minimum Gasteiger partial charge on any atom is -0.460 e. The highest BCUT2D eigenvalue weighted by molar-refractivity contribution is 5.88. The fourth-order valence-electron chi connectivity index (χ4n) is 7.69. The number of halogens is 6. The zero-order valence-corrected chi connectivity index (χ0v) is 28.8. The normalized spacial score (nSPS) is 27.5. The van der Waals surface area contributed by atoms with E-state index in [0.717, 1.165) is 13.8 Å². The third-order valence-corrected chi connectivity index (χ3v) is 11.1. The number of hydrogen-bond donors (Lipinski definition) is 2. The van der Waals surface area contributed by atoms with Gasteiger partial charge in [0, 0.05) is 17.4 Å². The molecular weight excluding hydrogens is 638 g/mol. The smallest absolute Gasteiger partial charge is 0.419 e. The maximum Gasteiger partial charge on any atom is 0.419 e. The molecule has 0 radical (unpaired) electrons. The SMILES string of the molecule is C=C(C)C(=O)OCC(=O)OC1CC2CC1C(C(CC)(CC)OC(C)C(C)(O)C(F)(F)F)C2C(CC)(CC)OC(C)C(C)(O)C(F)(F)F. The molecule has 2 N–H and O–H groups in total. The Morgan fingerprint density at radius 2 is 1.19 bits per heavy atom. The highest BCUT2D eigenvalue weighted by Crippen LogP contribution is 2.64.